The average molecular weight is 327 g/mol. The van der Waals surface area contributed by atoms with Crippen molar-refractivity contribution in [2.45, 2.75) is 24.9 Å². The van der Waals surface area contributed by atoms with Crippen LogP contribution in [0, 0.1) is 0 Å². The number of carbonyl (C=O) groups excluding carboxylic acids is 1. The van der Waals surface area contributed by atoms with Gasteiger partial charge in [-0.1, -0.05) is 11.3 Å². The van der Waals surface area contributed by atoms with Crippen LogP contribution in [0.1, 0.15) is 18.7 Å². The second-order valence-corrected chi connectivity index (χ2v) is 6.26. The van der Waals surface area contributed by atoms with Gasteiger partial charge in [0.15, 0.2) is 5.13 Å². The van der Waals surface area contributed by atoms with Crippen LogP contribution in [0.25, 0.3) is 10.8 Å². The van der Waals surface area contributed by atoms with Crippen LogP contribution in [0.15, 0.2) is 10.6 Å². The number of amides is 1. The molecule has 4 rings (SSSR count). The molecule has 10 heteroatoms. The van der Waals surface area contributed by atoms with E-state index < -0.39 is 12.3 Å². The highest BCUT2D eigenvalue weighted by Crippen LogP contribution is 2.38. The molecule has 0 aliphatic carbocycles. The summed E-state index contributed by atoms with van der Waals surface area (Å²) in [6, 6.07) is 0.484. The van der Waals surface area contributed by atoms with Crippen LogP contribution in [0.3, 0.4) is 0 Å². The van der Waals surface area contributed by atoms with E-state index in [9.17, 15) is 13.6 Å². The molecule has 0 spiro atoms. The van der Waals surface area contributed by atoms with Crippen LogP contribution in [-0.4, -0.2) is 51.7 Å². The zero-order valence-electron chi connectivity index (χ0n) is 11.2. The molecule has 2 saturated heterocycles. The maximum absolute atomic E-state index is 12.5. The van der Waals surface area contributed by atoms with Gasteiger partial charge in [-0.15, -0.1) is 10.2 Å². The number of rotatable bonds is 4. The Kier molecular flexibility index (Phi) is 3.06. The second-order valence-electron chi connectivity index (χ2n) is 5.25. The van der Waals surface area contributed by atoms with Crippen molar-refractivity contribution in [1.29, 1.82) is 0 Å². The quantitative estimate of drug-likeness (QED) is 0.793. The predicted octanol–water partition coefficient (Wildman–Crippen LogP) is 1.55. The van der Waals surface area contributed by atoms with Crippen LogP contribution in [0.5, 0.6) is 0 Å². The van der Waals surface area contributed by atoms with Gasteiger partial charge in [-0.2, -0.15) is 8.78 Å². The van der Waals surface area contributed by atoms with Gasteiger partial charge in [0.05, 0.1) is 18.3 Å². The maximum atomic E-state index is 12.5. The van der Waals surface area contributed by atoms with Crippen molar-refractivity contribution >= 4 is 22.9 Å². The van der Waals surface area contributed by atoms with E-state index in [1.807, 2.05) is 4.90 Å². The van der Waals surface area contributed by atoms with Gasteiger partial charge in [-0.25, -0.2) is 4.98 Å². The molecule has 0 radical (unpaired) electrons. The molecule has 2 fully saturated rings. The number of anilines is 1. The molecule has 2 aliphatic rings. The first-order chi connectivity index (χ1) is 10.7. The zero-order chi connectivity index (χ0) is 15.3. The minimum Gasteiger partial charge on any atom is -0.414 e. The summed E-state index contributed by atoms with van der Waals surface area (Å²) in [4.78, 5) is 19.7. The lowest BCUT2D eigenvalue weighted by Crippen LogP contribution is -2.45. The maximum Gasteiger partial charge on any atom is 0.314 e. The summed E-state index contributed by atoms with van der Waals surface area (Å²) in [6.07, 6.45) is 0.590. The molecule has 2 unspecified atom stereocenters. The first kappa shape index (κ1) is 13.6. The molecule has 4 heterocycles. The van der Waals surface area contributed by atoms with Crippen LogP contribution >= 0.6 is 11.3 Å². The van der Waals surface area contributed by atoms with E-state index in [0.29, 0.717) is 11.4 Å². The summed E-state index contributed by atoms with van der Waals surface area (Å²) in [5.41, 5.74) is 0. The van der Waals surface area contributed by atoms with Gasteiger partial charge in [0.2, 0.25) is 6.41 Å². The van der Waals surface area contributed by atoms with Crippen molar-refractivity contribution in [3.8, 4) is 10.8 Å². The number of hydrogen-bond donors (Lipinski definition) is 0. The SMILES string of the molecule is O=CN1CC2CC1CN2c1ncc(-c2nnc(C(F)F)o2)s1. The molecule has 2 bridgehead atoms. The van der Waals surface area contributed by atoms with Crippen LogP contribution in [-0.2, 0) is 4.79 Å². The third-order valence-electron chi connectivity index (χ3n) is 4.00. The Bertz CT molecular complexity index is 705. The van der Waals surface area contributed by atoms with E-state index in [4.69, 9.17) is 4.42 Å². The van der Waals surface area contributed by atoms with Crippen molar-refractivity contribution in [3.63, 3.8) is 0 Å². The fourth-order valence-electron chi connectivity index (χ4n) is 2.98. The third-order valence-corrected chi connectivity index (χ3v) is 5.02. The Morgan fingerprint density at radius 2 is 2.23 bits per heavy atom. The van der Waals surface area contributed by atoms with Gasteiger partial charge >= 0.3 is 6.43 Å². The van der Waals surface area contributed by atoms with Crippen molar-refractivity contribution in [2.24, 2.45) is 0 Å². The molecule has 1 amide bonds. The van der Waals surface area contributed by atoms with E-state index >= 15 is 0 Å². The fourth-order valence-corrected chi connectivity index (χ4v) is 3.90. The number of piperazine rings is 1. The number of aromatic nitrogens is 3. The summed E-state index contributed by atoms with van der Waals surface area (Å²) >= 11 is 1.32. The van der Waals surface area contributed by atoms with Crippen molar-refractivity contribution < 1.29 is 18.0 Å². The Morgan fingerprint density at radius 1 is 1.36 bits per heavy atom. The molecular formula is C12H11F2N5O2S. The first-order valence-electron chi connectivity index (χ1n) is 6.71. The van der Waals surface area contributed by atoms with Gasteiger partial charge in [0.25, 0.3) is 11.8 Å². The van der Waals surface area contributed by atoms with E-state index in [1.54, 1.807) is 6.20 Å². The lowest BCUT2D eigenvalue weighted by atomic mass is 10.2. The minimum absolute atomic E-state index is 0.0536. The summed E-state index contributed by atoms with van der Waals surface area (Å²) in [7, 11) is 0. The minimum atomic E-state index is -2.78. The van der Waals surface area contributed by atoms with Gasteiger partial charge in [-0.3, -0.25) is 4.79 Å². The lowest BCUT2D eigenvalue weighted by Gasteiger charge is -2.31. The predicted molar refractivity (Wildman–Crippen MR) is 72.7 cm³/mol. The monoisotopic (exact) mass is 327 g/mol. The summed E-state index contributed by atoms with van der Waals surface area (Å²) in [6.45, 7) is 1.43. The molecule has 116 valence electrons. The normalized spacial score (nSPS) is 23.8. The smallest absolute Gasteiger partial charge is 0.314 e. The third kappa shape index (κ3) is 2.05. The van der Waals surface area contributed by atoms with E-state index in [1.165, 1.54) is 11.3 Å². The number of fused-ring (bicyclic) bond motifs is 2. The van der Waals surface area contributed by atoms with Crippen molar-refractivity contribution in [2.75, 3.05) is 18.0 Å². The Morgan fingerprint density at radius 3 is 2.86 bits per heavy atom. The molecule has 0 N–H and O–H groups in total. The summed E-state index contributed by atoms with van der Waals surface area (Å²) < 4.78 is 29.9. The molecule has 0 aromatic carbocycles. The zero-order valence-corrected chi connectivity index (χ0v) is 12.0. The molecule has 2 aliphatic heterocycles. The summed E-state index contributed by atoms with van der Waals surface area (Å²) in [5.74, 6) is -0.635. The average Bonchev–Trinajstić information content (AvgIpc) is 3.25. The van der Waals surface area contributed by atoms with Gasteiger partial charge in [0.1, 0.15) is 4.88 Å². The Balaban J connectivity index is 1.54. The molecule has 2 atom stereocenters. The molecule has 0 saturated carbocycles. The number of alkyl halides is 2. The van der Waals surface area contributed by atoms with Gasteiger partial charge < -0.3 is 14.2 Å². The molecule has 2 aromatic rings. The van der Waals surface area contributed by atoms with Crippen molar-refractivity contribution in [3.05, 3.63) is 12.1 Å². The number of hydrogen-bond acceptors (Lipinski definition) is 7. The van der Waals surface area contributed by atoms with Crippen LogP contribution in [0.4, 0.5) is 13.9 Å². The van der Waals surface area contributed by atoms with Crippen molar-refractivity contribution in [1.82, 2.24) is 20.1 Å². The van der Waals surface area contributed by atoms with Gasteiger partial charge in [0, 0.05) is 13.1 Å². The summed E-state index contributed by atoms with van der Waals surface area (Å²) in [5, 5.41) is 7.71. The number of carbonyl (C=O) groups is 1. The molecular weight excluding hydrogens is 316 g/mol. The highest BCUT2D eigenvalue weighted by Gasteiger charge is 2.43. The highest BCUT2D eigenvalue weighted by atomic mass is 32.1. The topological polar surface area (TPSA) is 75.4 Å². The fraction of sp³-hybridized carbons (Fsp3) is 0.500. The number of halogens is 2. The standard InChI is InChI=1S/C12H11F2N5O2S/c13-9(14)11-17-16-10(21-11)8-2-15-12(22-8)19-4-6-1-7(19)3-18(6)5-20/h2,5-7,9H,1,3-4H2. The van der Waals surface area contributed by atoms with E-state index in [2.05, 4.69) is 20.1 Å². The lowest BCUT2D eigenvalue weighted by molar-refractivity contribution is -0.119. The molecule has 7 nitrogen and oxygen atoms in total. The number of likely N-dealkylation sites (tertiary alicyclic amines) is 1. The van der Waals surface area contributed by atoms with Crippen LogP contribution in [0.2, 0.25) is 0 Å². The Labute approximate surface area is 127 Å². The molecule has 2 aromatic heterocycles. The van der Waals surface area contributed by atoms with E-state index in [0.717, 1.165) is 24.5 Å². The highest BCUT2D eigenvalue weighted by molar-refractivity contribution is 7.18. The second kappa shape index (κ2) is 4.97. The first-order valence-corrected chi connectivity index (χ1v) is 7.53. The number of thiazole rings is 1. The van der Waals surface area contributed by atoms with E-state index in [-0.39, 0.29) is 18.0 Å². The largest absolute Gasteiger partial charge is 0.414 e. The Hall–Kier alpha value is -2.10. The molecule has 22 heavy (non-hydrogen) atoms. The van der Waals surface area contributed by atoms with Crippen LogP contribution < -0.4 is 4.90 Å². The number of nitrogens with zero attached hydrogens (tertiary/aromatic N) is 5. The van der Waals surface area contributed by atoms with Gasteiger partial charge in [-0.05, 0) is 6.42 Å².